The van der Waals surface area contributed by atoms with Gasteiger partial charge in [0.2, 0.25) is 0 Å². The van der Waals surface area contributed by atoms with Gasteiger partial charge in [0.25, 0.3) is 0 Å². The second kappa shape index (κ2) is 4.14. The van der Waals surface area contributed by atoms with Gasteiger partial charge in [-0.3, -0.25) is 4.40 Å². The second-order valence-electron chi connectivity index (χ2n) is 3.91. The van der Waals surface area contributed by atoms with Crippen molar-refractivity contribution >= 4 is 5.65 Å². The van der Waals surface area contributed by atoms with Gasteiger partial charge in [-0.1, -0.05) is 0 Å². The first-order chi connectivity index (χ1) is 9.19. The highest BCUT2D eigenvalue weighted by Crippen LogP contribution is 2.21. The summed E-state index contributed by atoms with van der Waals surface area (Å²) in [6.45, 7) is 0. The quantitative estimate of drug-likeness (QED) is 0.672. The molecule has 0 unspecified atom stereocenters. The summed E-state index contributed by atoms with van der Waals surface area (Å²) < 4.78 is 27.7. The SMILES string of the molecule is N#Cc1ccc2nnc(-c3ccc(F)c(F)c3)n2c1. The normalized spacial score (nSPS) is 10.6. The monoisotopic (exact) mass is 256 g/mol. The minimum absolute atomic E-state index is 0.353. The molecule has 0 aliphatic carbocycles. The molecule has 2 aromatic heterocycles. The molecule has 6 heteroatoms. The highest BCUT2D eigenvalue weighted by atomic mass is 19.2. The molecule has 3 aromatic rings. The molecule has 0 saturated carbocycles. The van der Waals surface area contributed by atoms with E-state index in [0.717, 1.165) is 12.1 Å². The van der Waals surface area contributed by atoms with Gasteiger partial charge in [-0.2, -0.15) is 5.26 Å². The van der Waals surface area contributed by atoms with Crippen molar-refractivity contribution in [2.45, 2.75) is 0 Å². The van der Waals surface area contributed by atoms with E-state index >= 15 is 0 Å². The van der Waals surface area contributed by atoms with Crippen LogP contribution < -0.4 is 0 Å². The van der Waals surface area contributed by atoms with Crippen LogP contribution in [0.1, 0.15) is 5.56 Å². The van der Waals surface area contributed by atoms with Crippen LogP contribution in [0.15, 0.2) is 36.5 Å². The van der Waals surface area contributed by atoms with E-state index in [1.165, 1.54) is 6.07 Å². The fourth-order valence-electron chi connectivity index (χ4n) is 1.79. The van der Waals surface area contributed by atoms with E-state index < -0.39 is 11.6 Å². The van der Waals surface area contributed by atoms with Crippen molar-refractivity contribution in [3.8, 4) is 17.5 Å². The molecule has 4 nitrogen and oxygen atoms in total. The molecular weight excluding hydrogens is 250 g/mol. The summed E-state index contributed by atoms with van der Waals surface area (Å²) >= 11 is 0. The van der Waals surface area contributed by atoms with E-state index in [4.69, 9.17) is 5.26 Å². The maximum Gasteiger partial charge on any atom is 0.168 e. The Balaban J connectivity index is 2.24. The molecule has 0 saturated heterocycles. The molecule has 19 heavy (non-hydrogen) atoms. The topological polar surface area (TPSA) is 54.0 Å². The van der Waals surface area contributed by atoms with Crippen molar-refractivity contribution in [3.05, 3.63) is 53.7 Å². The smallest absolute Gasteiger partial charge is 0.168 e. The number of nitrogens with zero attached hydrogens (tertiary/aromatic N) is 4. The van der Waals surface area contributed by atoms with Crippen molar-refractivity contribution in [2.24, 2.45) is 0 Å². The van der Waals surface area contributed by atoms with Gasteiger partial charge in [-0.25, -0.2) is 8.78 Å². The summed E-state index contributed by atoms with van der Waals surface area (Å²) in [6.07, 6.45) is 1.55. The van der Waals surface area contributed by atoms with Gasteiger partial charge in [0.1, 0.15) is 6.07 Å². The predicted octanol–water partition coefficient (Wildman–Crippen LogP) is 2.55. The number of aromatic nitrogens is 3. The molecule has 0 aliphatic rings. The van der Waals surface area contributed by atoms with Crippen molar-refractivity contribution in [2.75, 3.05) is 0 Å². The molecule has 0 atom stereocenters. The number of rotatable bonds is 1. The van der Waals surface area contributed by atoms with Crippen LogP contribution in [0.4, 0.5) is 8.78 Å². The van der Waals surface area contributed by atoms with Crippen LogP contribution in [0.2, 0.25) is 0 Å². The van der Waals surface area contributed by atoms with Crippen LogP contribution in [0.3, 0.4) is 0 Å². The number of benzene rings is 1. The molecule has 0 radical (unpaired) electrons. The molecule has 1 aromatic carbocycles. The van der Waals surface area contributed by atoms with E-state index in [1.807, 2.05) is 6.07 Å². The minimum Gasteiger partial charge on any atom is -0.281 e. The summed E-state index contributed by atoms with van der Waals surface area (Å²) in [7, 11) is 0. The molecular formula is C13H6F2N4. The first-order valence-electron chi connectivity index (χ1n) is 5.39. The average molecular weight is 256 g/mol. The predicted molar refractivity (Wildman–Crippen MR) is 63.1 cm³/mol. The van der Waals surface area contributed by atoms with Gasteiger partial charge in [0, 0.05) is 11.8 Å². The molecule has 0 N–H and O–H groups in total. The Hall–Kier alpha value is -2.81. The minimum atomic E-state index is -0.953. The number of nitriles is 1. The summed E-state index contributed by atoms with van der Waals surface area (Å²) in [5.41, 5.74) is 1.34. The van der Waals surface area contributed by atoms with E-state index in [2.05, 4.69) is 10.2 Å². The molecule has 0 aliphatic heterocycles. The summed E-state index contributed by atoms with van der Waals surface area (Å²) in [6, 6.07) is 8.73. The van der Waals surface area contributed by atoms with Gasteiger partial charge in [0.05, 0.1) is 5.56 Å². The molecule has 0 amide bonds. The Morgan fingerprint density at radius 3 is 2.63 bits per heavy atom. The first-order valence-corrected chi connectivity index (χ1v) is 5.39. The lowest BCUT2D eigenvalue weighted by atomic mass is 10.2. The Labute approximate surface area is 106 Å². The van der Waals surface area contributed by atoms with E-state index in [0.29, 0.717) is 22.6 Å². The Morgan fingerprint density at radius 1 is 1.05 bits per heavy atom. The lowest BCUT2D eigenvalue weighted by molar-refractivity contribution is 0.509. The molecule has 0 fully saturated rings. The highest BCUT2D eigenvalue weighted by molar-refractivity contribution is 5.60. The zero-order chi connectivity index (χ0) is 13.4. The largest absolute Gasteiger partial charge is 0.281 e. The Bertz CT molecular complexity index is 817. The lowest BCUT2D eigenvalue weighted by Crippen LogP contribution is -1.92. The summed E-state index contributed by atoms with van der Waals surface area (Å²) in [4.78, 5) is 0. The fraction of sp³-hybridized carbons (Fsp3) is 0. The van der Waals surface area contributed by atoms with E-state index in [-0.39, 0.29) is 0 Å². The van der Waals surface area contributed by atoms with Gasteiger partial charge >= 0.3 is 0 Å². The number of fused-ring (bicyclic) bond motifs is 1. The van der Waals surface area contributed by atoms with Crippen LogP contribution in [0.25, 0.3) is 17.0 Å². The second-order valence-corrected chi connectivity index (χ2v) is 3.91. The first kappa shape index (κ1) is 11.3. The van der Waals surface area contributed by atoms with E-state index in [1.54, 1.807) is 22.7 Å². The molecule has 3 rings (SSSR count). The van der Waals surface area contributed by atoms with Crippen molar-refractivity contribution < 1.29 is 8.78 Å². The van der Waals surface area contributed by atoms with Crippen LogP contribution >= 0.6 is 0 Å². The van der Waals surface area contributed by atoms with Gasteiger partial charge < -0.3 is 0 Å². The van der Waals surface area contributed by atoms with Crippen LogP contribution in [-0.4, -0.2) is 14.6 Å². The number of pyridine rings is 1. The van der Waals surface area contributed by atoms with Gasteiger partial charge in [0.15, 0.2) is 23.1 Å². The molecule has 92 valence electrons. The third-order valence-electron chi connectivity index (χ3n) is 2.71. The van der Waals surface area contributed by atoms with Crippen molar-refractivity contribution in [3.63, 3.8) is 0 Å². The zero-order valence-electron chi connectivity index (χ0n) is 9.51. The van der Waals surface area contributed by atoms with Crippen LogP contribution in [0.5, 0.6) is 0 Å². The molecule has 0 bridgehead atoms. The van der Waals surface area contributed by atoms with Crippen molar-refractivity contribution in [1.29, 1.82) is 5.26 Å². The fourth-order valence-corrected chi connectivity index (χ4v) is 1.79. The third-order valence-corrected chi connectivity index (χ3v) is 2.71. The van der Waals surface area contributed by atoms with Crippen LogP contribution in [0, 0.1) is 23.0 Å². The summed E-state index contributed by atoms with van der Waals surface area (Å²) in [5, 5.41) is 16.7. The van der Waals surface area contributed by atoms with Gasteiger partial charge in [-0.15, -0.1) is 10.2 Å². The number of hydrogen-bond acceptors (Lipinski definition) is 3. The number of hydrogen-bond donors (Lipinski definition) is 0. The number of halogens is 2. The molecule has 2 heterocycles. The Morgan fingerprint density at radius 2 is 1.89 bits per heavy atom. The lowest BCUT2D eigenvalue weighted by Gasteiger charge is -2.01. The van der Waals surface area contributed by atoms with E-state index in [9.17, 15) is 8.78 Å². The van der Waals surface area contributed by atoms with Crippen molar-refractivity contribution in [1.82, 2.24) is 14.6 Å². The zero-order valence-corrected chi connectivity index (χ0v) is 9.51. The standard InChI is InChI=1S/C13H6F2N4/c14-10-3-2-9(5-11(10)15)13-18-17-12-4-1-8(6-16)7-19(12)13/h1-5,7H. The summed E-state index contributed by atoms with van der Waals surface area (Å²) in [5.74, 6) is -1.52. The Kier molecular flexibility index (Phi) is 2.46. The van der Waals surface area contributed by atoms with Crippen LogP contribution in [-0.2, 0) is 0 Å². The maximum atomic E-state index is 13.2. The van der Waals surface area contributed by atoms with Gasteiger partial charge in [-0.05, 0) is 30.3 Å². The maximum absolute atomic E-state index is 13.2. The third kappa shape index (κ3) is 1.81. The highest BCUT2D eigenvalue weighted by Gasteiger charge is 2.11. The average Bonchev–Trinajstić information content (AvgIpc) is 2.84. The molecule has 0 spiro atoms.